The van der Waals surface area contributed by atoms with Crippen LogP contribution in [0.25, 0.3) is 6.15 Å². The van der Waals surface area contributed by atoms with Crippen molar-refractivity contribution in [3.63, 3.8) is 0 Å². The van der Waals surface area contributed by atoms with Gasteiger partial charge < -0.3 is 29.8 Å². The number of hydrogen-bond acceptors (Lipinski definition) is 2. The molecule has 0 rings (SSSR count). The van der Waals surface area contributed by atoms with Crippen LogP contribution in [0.2, 0.25) is 0 Å². The first kappa shape index (κ1) is 51.5. The first-order chi connectivity index (χ1) is 2.00. The monoisotopic (exact) mass is 127 g/mol. The average Bonchev–Trinajstić information content (AvgIpc) is 1.50. The predicted octanol–water partition coefficient (Wildman–Crippen LogP) is 0.907. The molecule has 0 fully saturated rings. The Bertz CT molecular complexity index is 24.3. The fourth-order valence-corrected chi connectivity index (χ4v) is 0. The summed E-state index contributed by atoms with van der Waals surface area (Å²) in [7, 11) is 0. The molecule has 0 aliphatic carbocycles. The number of hydrogen-bond donors (Lipinski definition) is 0. The van der Waals surface area contributed by atoms with Crippen molar-refractivity contribution in [2.45, 2.75) is 0 Å². The van der Waals surface area contributed by atoms with Crippen LogP contribution in [0.3, 0.4) is 0 Å². The van der Waals surface area contributed by atoms with E-state index in [0.717, 1.165) is 0 Å². The standard InChI is InChI=1S/2CN.Co.H2N/c2*1-2;;/h;;;1H2/q2*-1;+3;-1. The molecular formula is C2H2CoN3. The molecule has 4 heteroatoms. The zero-order valence-electron chi connectivity index (χ0n) is 2.81. The van der Waals surface area contributed by atoms with Gasteiger partial charge in [0.2, 0.25) is 0 Å². The van der Waals surface area contributed by atoms with E-state index in [0.29, 0.717) is 0 Å². The fraction of sp³-hybridized carbons (Fsp3) is 0. The summed E-state index contributed by atoms with van der Waals surface area (Å²) >= 11 is 0. The Labute approximate surface area is 47.4 Å². The largest absolute Gasteiger partial charge is 3.00 e. The second-order valence-corrected chi connectivity index (χ2v) is 0. The summed E-state index contributed by atoms with van der Waals surface area (Å²) in [5.74, 6) is 0. The Kier molecular flexibility index (Phi) is 1480. The Balaban J connectivity index is -0.00000000500. The maximum absolute atomic E-state index is 6.25. The maximum Gasteiger partial charge on any atom is 3.00 e. The van der Waals surface area contributed by atoms with Gasteiger partial charge in [-0.15, -0.1) is 0 Å². The predicted molar refractivity (Wildman–Crippen MR) is 15.2 cm³/mol. The van der Waals surface area contributed by atoms with Gasteiger partial charge in [-0.1, -0.05) is 0 Å². The van der Waals surface area contributed by atoms with Crippen LogP contribution in [0.1, 0.15) is 0 Å². The summed E-state index contributed by atoms with van der Waals surface area (Å²) in [6.45, 7) is 9.50. The SMILES string of the molecule is [C-]#N.[C-]#N.[Co+3].[NH2-]. The van der Waals surface area contributed by atoms with Crippen molar-refractivity contribution in [2.24, 2.45) is 0 Å². The molecule has 34 valence electrons. The van der Waals surface area contributed by atoms with Gasteiger partial charge in [-0.05, 0) is 0 Å². The molecule has 0 saturated carbocycles. The van der Waals surface area contributed by atoms with Gasteiger partial charge in [0.1, 0.15) is 0 Å². The van der Waals surface area contributed by atoms with Crippen LogP contribution in [-0.4, -0.2) is 0 Å². The van der Waals surface area contributed by atoms with Crippen molar-refractivity contribution in [1.82, 2.24) is 0 Å². The minimum absolute atomic E-state index is 0. The molecule has 2 N–H and O–H groups in total. The van der Waals surface area contributed by atoms with Crippen LogP contribution >= 0.6 is 0 Å². The summed E-state index contributed by atoms with van der Waals surface area (Å²) in [5.41, 5.74) is 0. The normalized spacial score (nSPS) is 0.667. The molecule has 0 atom stereocenters. The van der Waals surface area contributed by atoms with E-state index >= 15 is 0 Å². The Morgan fingerprint density at radius 1 is 0.833 bits per heavy atom. The molecule has 0 spiro atoms. The number of nitrogens with zero attached hydrogens (tertiary/aromatic N) is 2. The minimum atomic E-state index is 0. The zero-order chi connectivity index (χ0) is 4.00. The summed E-state index contributed by atoms with van der Waals surface area (Å²) in [6.07, 6.45) is 0. The average molecular weight is 127 g/mol. The molecule has 0 aromatic heterocycles. The first-order valence-electron chi connectivity index (χ1n) is 0.447. The molecular weight excluding hydrogens is 125 g/mol. The summed E-state index contributed by atoms with van der Waals surface area (Å²) in [5, 5.41) is 12.5. The number of rotatable bonds is 0. The molecule has 0 aromatic rings. The van der Waals surface area contributed by atoms with Crippen molar-refractivity contribution in [1.29, 1.82) is 10.5 Å². The summed E-state index contributed by atoms with van der Waals surface area (Å²) in [6, 6.07) is 0. The van der Waals surface area contributed by atoms with Gasteiger partial charge in [0.15, 0.2) is 0 Å². The van der Waals surface area contributed by atoms with Gasteiger partial charge in [-0.3, -0.25) is 0 Å². The van der Waals surface area contributed by atoms with E-state index in [1.807, 2.05) is 0 Å². The van der Waals surface area contributed by atoms with E-state index in [9.17, 15) is 0 Å². The molecule has 0 aromatic carbocycles. The van der Waals surface area contributed by atoms with Gasteiger partial charge in [0.05, 0.1) is 0 Å². The molecule has 0 unspecified atom stereocenters. The van der Waals surface area contributed by atoms with Crippen LogP contribution < -0.4 is 0 Å². The van der Waals surface area contributed by atoms with E-state index in [1.54, 1.807) is 0 Å². The quantitative estimate of drug-likeness (QED) is 0.453. The number of nitrogens with two attached hydrogens (primary N) is 1. The summed E-state index contributed by atoms with van der Waals surface area (Å²) in [4.78, 5) is 0. The van der Waals surface area contributed by atoms with Crippen LogP contribution in [0, 0.1) is 23.7 Å². The van der Waals surface area contributed by atoms with Gasteiger partial charge >= 0.3 is 16.8 Å². The molecule has 3 nitrogen and oxygen atoms in total. The third-order valence-corrected chi connectivity index (χ3v) is 0. The fourth-order valence-electron chi connectivity index (χ4n) is 0. The topological polar surface area (TPSA) is 81.1 Å². The smallest absolute Gasteiger partial charge is 0.693 e. The van der Waals surface area contributed by atoms with E-state index in [1.165, 1.54) is 0 Å². The van der Waals surface area contributed by atoms with Crippen molar-refractivity contribution in [3.05, 3.63) is 19.3 Å². The van der Waals surface area contributed by atoms with Gasteiger partial charge in [-0.2, -0.15) is 0 Å². The van der Waals surface area contributed by atoms with Crippen LogP contribution in [0.15, 0.2) is 0 Å². The first-order valence-corrected chi connectivity index (χ1v) is 0.447. The maximum atomic E-state index is 6.25. The zero-order valence-corrected chi connectivity index (χ0v) is 3.85. The third-order valence-electron chi connectivity index (χ3n) is 0. The third kappa shape index (κ3) is 67.3. The second kappa shape index (κ2) is 172. The van der Waals surface area contributed by atoms with Crippen molar-refractivity contribution in [2.75, 3.05) is 0 Å². The molecule has 0 aliphatic rings. The van der Waals surface area contributed by atoms with E-state index < -0.39 is 0 Å². The molecule has 0 saturated heterocycles. The van der Waals surface area contributed by atoms with Gasteiger partial charge in [0, 0.05) is 0 Å². The Morgan fingerprint density at radius 2 is 0.833 bits per heavy atom. The van der Waals surface area contributed by atoms with Gasteiger partial charge in [0.25, 0.3) is 0 Å². The molecule has 0 amide bonds. The Morgan fingerprint density at radius 3 is 0.833 bits per heavy atom. The molecule has 0 bridgehead atoms. The molecule has 0 radical (unpaired) electrons. The molecule has 0 heterocycles. The van der Waals surface area contributed by atoms with Crippen molar-refractivity contribution >= 4 is 0 Å². The van der Waals surface area contributed by atoms with Crippen molar-refractivity contribution < 1.29 is 16.8 Å². The summed E-state index contributed by atoms with van der Waals surface area (Å²) < 4.78 is 0. The minimum Gasteiger partial charge on any atom is -0.693 e. The van der Waals surface area contributed by atoms with E-state index in [4.69, 9.17) is 23.7 Å². The van der Waals surface area contributed by atoms with Crippen LogP contribution in [-0.2, 0) is 16.8 Å². The van der Waals surface area contributed by atoms with Crippen LogP contribution in [0.5, 0.6) is 0 Å². The van der Waals surface area contributed by atoms with E-state index in [2.05, 4.69) is 0 Å². The van der Waals surface area contributed by atoms with E-state index in [-0.39, 0.29) is 22.9 Å². The van der Waals surface area contributed by atoms with Crippen molar-refractivity contribution in [3.8, 4) is 0 Å². The molecule has 6 heavy (non-hydrogen) atoms. The molecule has 0 aliphatic heterocycles. The second-order valence-electron chi connectivity index (χ2n) is 0. The van der Waals surface area contributed by atoms with Gasteiger partial charge in [-0.25, -0.2) is 0 Å². The Hall–Kier alpha value is -0.554. The van der Waals surface area contributed by atoms with Crippen LogP contribution in [0.4, 0.5) is 0 Å².